The molecule has 0 heterocycles. The summed E-state index contributed by atoms with van der Waals surface area (Å²) in [5, 5.41) is 11.8. The van der Waals surface area contributed by atoms with E-state index in [0.717, 1.165) is 5.56 Å². The van der Waals surface area contributed by atoms with E-state index in [2.05, 4.69) is 5.32 Å². The van der Waals surface area contributed by atoms with Crippen LogP contribution in [0.15, 0.2) is 48.5 Å². The second kappa shape index (κ2) is 5.98. The van der Waals surface area contributed by atoms with E-state index < -0.39 is 6.04 Å². The van der Waals surface area contributed by atoms with Crippen molar-refractivity contribution in [3.05, 3.63) is 71.0 Å². The lowest BCUT2D eigenvalue weighted by Crippen LogP contribution is -2.27. The van der Waals surface area contributed by atoms with Crippen LogP contribution >= 0.6 is 0 Å². The number of aryl methyl sites for hydroxylation is 1. The van der Waals surface area contributed by atoms with E-state index in [-0.39, 0.29) is 11.7 Å². The highest BCUT2D eigenvalue weighted by Gasteiger charge is 2.15. The number of carbonyl (C=O) groups excluding carboxylic acids is 1. The summed E-state index contributed by atoms with van der Waals surface area (Å²) < 4.78 is 12.9. The van der Waals surface area contributed by atoms with Gasteiger partial charge < -0.3 is 5.32 Å². The Kier molecular flexibility index (Phi) is 4.11. The monoisotopic (exact) mass is 268 g/mol. The second-order valence-electron chi connectivity index (χ2n) is 4.46. The smallest absolute Gasteiger partial charge is 0.252 e. The Morgan fingerprint density at radius 1 is 1.25 bits per heavy atom. The molecular weight excluding hydrogens is 255 g/mol. The molecule has 2 rings (SSSR count). The Morgan fingerprint density at radius 2 is 1.95 bits per heavy atom. The van der Waals surface area contributed by atoms with Gasteiger partial charge in [0.1, 0.15) is 11.9 Å². The molecule has 1 unspecified atom stereocenters. The Balaban J connectivity index is 2.17. The fraction of sp³-hybridized carbons (Fsp3) is 0.125. The zero-order valence-electron chi connectivity index (χ0n) is 10.9. The Bertz CT molecular complexity index is 659. The van der Waals surface area contributed by atoms with Gasteiger partial charge in [-0.15, -0.1) is 0 Å². The molecule has 0 bridgehead atoms. The molecule has 1 amide bonds. The summed E-state index contributed by atoms with van der Waals surface area (Å²) >= 11 is 0. The Labute approximate surface area is 116 Å². The highest BCUT2D eigenvalue weighted by Crippen LogP contribution is 2.14. The molecule has 2 aromatic carbocycles. The summed E-state index contributed by atoms with van der Waals surface area (Å²) in [6.45, 7) is 1.89. The maximum Gasteiger partial charge on any atom is 0.252 e. The molecule has 1 atom stereocenters. The van der Waals surface area contributed by atoms with Crippen LogP contribution in [0.25, 0.3) is 0 Å². The SMILES string of the molecule is Cc1cccc(C(=O)NC(C#N)c2ccc(F)cc2)c1. The van der Waals surface area contributed by atoms with Gasteiger partial charge >= 0.3 is 0 Å². The number of halogens is 1. The van der Waals surface area contributed by atoms with Crippen LogP contribution in [0.1, 0.15) is 27.5 Å². The lowest BCUT2D eigenvalue weighted by atomic mass is 10.1. The maximum atomic E-state index is 12.9. The van der Waals surface area contributed by atoms with Gasteiger partial charge in [-0.1, -0.05) is 29.8 Å². The molecule has 3 nitrogen and oxygen atoms in total. The standard InChI is InChI=1S/C16H13FN2O/c1-11-3-2-4-13(9-11)16(20)19-15(10-18)12-5-7-14(17)8-6-12/h2-9,15H,1H3,(H,19,20). The molecule has 0 saturated carbocycles. The predicted octanol–water partition coefficient (Wildman–Crippen LogP) is 3.13. The minimum absolute atomic E-state index is 0.329. The molecule has 100 valence electrons. The number of hydrogen-bond acceptors (Lipinski definition) is 2. The van der Waals surface area contributed by atoms with Crippen molar-refractivity contribution < 1.29 is 9.18 Å². The van der Waals surface area contributed by atoms with Gasteiger partial charge in [0.05, 0.1) is 6.07 Å². The Hall–Kier alpha value is -2.67. The van der Waals surface area contributed by atoms with E-state index in [1.54, 1.807) is 18.2 Å². The summed E-state index contributed by atoms with van der Waals surface area (Å²) in [4.78, 5) is 12.1. The fourth-order valence-corrected chi connectivity index (χ4v) is 1.85. The third kappa shape index (κ3) is 3.21. The molecule has 0 spiro atoms. The van der Waals surface area contributed by atoms with Gasteiger partial charge in [-0.3, -0.25) is 4.79 Å². The van der Waals surface area contributed by atoms with Crippen molar-refractivity contribution in [2.45, 2.75) is 13.0 Å². The van der Waals surface area contributed by atoms with E-state index in [9.17, 15) is 9.18 Å². The lowest BCUT2D eigenvalue weighted by molar-refractivity contribution is 0.0945. The first kappa shape index (κ1) is 13.8. The molecule has 0 aromatic heterocycles. The molecule has 20 heavy (non-hydrogen) atoms. The minimum Gasteiger partial charge on any atom is -0.333 e. The van der Waals surface area contributed by atoms with Gasteiger partial charge in [0.2, 0.25) is 0 Å². The number of hydrogen-bond donors (Lipinski definition) is 1. The van der Waals surface area contributed by atoms with Crippen molar-refractivity contribution in [1.82, 2.24) is 5.32 Å². The zero-order valence-corrected chi connectivity index (χ0v) is 10.9. The summed E-state index contributed by atoms with van der Waals surface area (Å²) in [5.74, 6) is -0.708. The maximum absolute atomic E-state index is 12.9. The molecule has 2 aromatic rings. The normalized spacial score (nSPS) is 11.4. The van der Waals surface area contributed by atoms with Crippen LogP contribution in [-0.4, -0.2) is 5.91 Å². The summed E-state index contributed by atoms with van der Waals surface area (Å²) in [5.41, 5.74) is 2.01. The van der Waals surface area contributed by atoms with E-state index in [1.807, 2.05) is 19.1 Å². The fourth-order valence-electron chi connectivity index (χ4n) is 1.85. The highest BCUT2D eigenvalue weighted by atomic mass is 19.1. The molecule has 0 aliphatic rings. The molecule has 0 radical (unpaired) electrons. The van der Waals surface area contributed by atoms with Crippen LogP contribution < -0.4 is 5.32 Å². The van der Waals surface area contributed by atoms with E-state index in [0.29, 0.717) is 11.1 Å². The van der Waals surface area contributed by atoms with Gasteiger partial charge in [-0.25, -0.2) is 4.39 Å². The van der Waals surface area contributed by atoms with E-state index in [1.165, 1.54) is 24.3 Å². The number of carbonyl (C=O) groups is 1. The number of nitrogens with zero attached hydrogens (tertiary/aromatic N) is 1. The van der Waals surface area contributed by atoms with Crippen LogP contribution in [-0.2, 0) is 0 Å². The van der Waals surface area contributed by atoms with Crippen molar-refractivity contribution in [2.75, 3.05) is 0 Å². The van der Waals surface area contributed by atoms with Crippen molar-refractivity contribution in [1.29, 1.82) is 5.26 Å². The lowest BCUT2D eigenvalue weighted by Gasteiger charge is -2.12. The number of rotatable bonds is 3. The van der Waals surface area contributed by atoms with Crippen LogP contribution in [0, 0.1) is 24.1 Å². The number of nitrogens with one attached hydrogen (secondary N) is 1. The second-order valence-corrected chi connectivity index (χ2v) is 4.46. The van der Waals surface area contributed by atoms with Crippen LogP contribution in [0.2, 0.25) is 0 Å². The molecule has 0 aliphatic heterocycles. The average molecular weight is 268 g/mol. The predicted molar refractivity (Wildman–Crippen MR) is 73.4 cm³/mol. The van der Waals surface area contributed by atoms with E-state index >= 15 is 0 Å². The summed E-state index contributed by atoms with van der Waals surface area (Å²) in [6.07, 6.45) is 0. The number of benzene rings is 2. The van der Waals surface area contributed by atoms with Gasteiger partial charge in [-0.2, -0.15) is 5.26 Å². The molecular formula is C16H13FN2O. The highest BCUT2D eigenvalue weighted by molar-refractivity contribution is 5.94. The third-order valence-corrected chi connectivity index (χ3v) is 2.89. The zero-order chi connectivity index (χ0) is 14.5. The summed E-state index contributed by atoms with van der Waals surface area (Å²) in [6, 6.07) is 13.8. The van der Waals surface area contributed by atoms with Crippen molar-refractivity contribution in [3.63, 3.8) is 0 Å². The minimum atomic E-state index is -0.802. The first-order valence-corrected chi connectivity index (χ1v) is 6.13. The molecule has 4 heteroatoms. The van der Waals surface area contributed by atoms with Crippen molar-refractivity contribution in [2.24, 2.45) is 0 Å². The van der Waals surface area contributed by atoms with Gasteiger partial charge in [0.25, 0.3) is 5.91 Å². The van der Waals surface area contributed by atoms with Crippen LogP contribution in [0.3, 0.4) is 0 Å². The largest absolute Gasteiger partial charge is 0.333 e. The molecule has 0 aliphatic carbocycles. The first-order valence-electron chi connectivity index (χ1n) is 6.13. The molecule has 1 N–H and O–H groups in total. The van der Waals surface area contributed by atoms with Gasteiger partial charge in [0, 0.05) is 5.56 Å². The number of nitriles is 1. The third-order valence-electron chi connectivity index (χ3n) is 2.89. The quantitative estimate of drug-likeness (QED) is 0.929. The van der Waals surface area contributed by atoms with Gasteiger partial charge in [-0.05, 0) is 36.8 Å². The topological polar surface area (TPSA) is 52.9 Å². The molecule has 0 saturated heterocycles. The van der Waals surface area contributed by atoms with Crippen molar-refractivity contribution >= 4 is 5.91 Å². The number of amides is 1. The van der Waals surface area contributed by atoms with Crippen molar-refractivity contribution in [3.8, 4) is 6.07 Å². The van der Waals surface area contributed by atoms with E-state index in [4.69, 9.17) is 5.26 Å². The molecule has 0 fully saturated rings. The van der Waals surface area contributed by atoms with Crippen LogP contribution in [0.5, 0.6) is 0 Å². The Morgan fingerprint density at radius 3 is 2.55 bits per heavy atom. The summed E-state index contributed by atoms with van der Waals surface area (Å²) in [7, 11) is 0. The van der Waals surface area contributed by atoms with Gasteiger partial charge in [0.15, 0.2) is 0 Å². The first-order chi connectivity index (χ1) is 9.60. The average Bonchev–Trinajstić information content (AvgIpc) is 2.45. The van der Waals surface area contributed by atoms with Crippen LogP contribution in [0.4, 0.5) is 4.39 Å².